The van der Waals surface area contributed by atoms with Crippen molar-refractivity contribution in [1.29, 1.82) is 0 Å². The third-order valence-corrected chi connectivity index (χ3v) is 2.77. The number of carboxylic acid groups (broad SMARTS) is 1. The zero-order valence-corrected chi connectivity index (χ0v) is 8.87. The van der Waals surface area contributed by atoms with Gasteiger partial charge in [-0.05, 0) is 24.4 Å². The third kappa shape index (κ3) is 1.78. The lowest BCUT2D eigenvalue weighted by Crippen LogP contribution is -2.04. The molecule has 0 amide bonds. The minimum absolute atomic E-state index is 0.117. The first kappa shape index (κ1) is 9.92. The average molecular weight is 223 g/mol. The number of carboxylic acids is 1. The van der Waals surface area contributed by atoms with E-state index >= 15 is 0 Å². The van der Waals surface area contributed by atoms with E-state index in [1.54, 1.807) is 13.0 Å². The molecule has 4 nitrogen and oxygen atoms in total. The molecule has 5 heteroatoms. The van der Waals surface area contributed by atoms with Crippen LogP contribution in [-0.4, -0.2) is 22.7 Å². The van der Waals surface area contributed by atoms with E-state index in [2.05, 4.69) is 4.98 Å². The van der Waals surface area contributed by atoms with Crippen LogP contribution < -0.4 is 4.74 Å². The van der Waals surface area contributed by atoms with E-state index in [0.29, 0.717) is 6.61 Å². The third-order valence-electron chi connectivity index (χ3n) is 1.91. The van der Waals surface area contributed by atoms with Crippen molar-refractivity contribution in [3.05, 3.63) is 23.1 Å². The molecule has 0 saturated carbocycles. The van der Waals surface area contributed by atoms with Crippen LogP contribution in [-0.2, 0) is 0 Å². The van der Waals surface area contributed by atoms with Crippen LogP contribution in [0, 0.1) is 0 Å². The summed E-state index contributed by atoms with van der Waals surface area (Å²) in [5.41, 5.74) is 0.889. The topological polar surface area (TPSA) is 59.4 Å². The number of hydrogen-bond donors (Lipinski definition) is 1. The van der Waals surface area contributed by atoms with Gasteiger partial charge in [-0.15, -0.1) is 11.3 Å². The number of hydrogen-bond acceptors (Lipinski definition) is 4. The molecule has 0 spiro atoms. The molecule has 78 valence electrons. The highest BCUT2D eigenvalue weighted by molar-refractivity contribution is 7.17. The molecular weight excluding hydrogens is 214 g/mol. The monoisotopic (exact) mass is 223 g/mol. The molecule has 0 aliphatic rings. The predicted molar refractivity (Wildman–Crippen MR) is 57.7 cm³/mol. The van der Waals surface area contributed by atoms with Gasteiger partial charge >= 0.3 is 5.97 Å². The summed E-state index contributed by atoms with van der Waals surface area (Å²) in [5.74, 6) is -0.822. The van der Waals surface area contributed by atoms with Crippen LogP contribution in [0.1, 0.15) is 17.3 Å². The van der Waals surface area contributed by atoms with E-state index in [9.17, 15) is 4.79 Å². The molecule has 2 aromatic rings. The van der Waals surface area contributed by atoms with Crippen molar-refractivity contribution in [3.8, 4) is 5.88 Å². The summed E-state index contributed by atoms with van der Waals surface area (Å²) in [6.45, 7) is 2.20. The average Bonchev–Trinajstić information content (AvgIpc) is 2.63. The van der Waals surface area contributed by atoms with E-state index in [0.717, 1.165) is 10.2 Å². The van der Waals surface area contributed by atoms with Gasteiger partial charge in [0.15, 0.2) is 0 Å². The summed E-state index contributed by atoms with van der Waals surface area (Å²) in [4.78, 5) is 15.1. The van der Waals surface area contributed by atoms with Crippen LogP contribution in [0.5, 0.6) is 5.88 Å². The Morgan fingerprint density at radius 3 is 3.13 bits per heavy atom. The molecule has 0 saturated heterocycles. The van der Waals surface area contributed by atoms with Gasteiger partial charge in [0.05, 0.1) is 16.8 Å². The van der Waals surface area contributed by atoms with Crippen molar-refractivity contribution in [3.63, 3.8) is 0 Å². The molecule has 2 heterocycles. The summed E-state index contributed by atoms with van der Waals surface area (Å²) < 4.78 is 6.05. The van der Waals surface area contributed by atoms with Crippen LogP contribution >= 0.6 is 11.3 Å². The molecule has 0 radical (unpaired) electrons. The number of thiophene rings is 1. The Bertz CT molecular complexity index is 506. The molecular formula is C10H9NO3S. The van der Waals surface area contributed by atoms with Crippen molar-refractivity contribution in [2.24, 2.45) is 0 Å². The lowest BCUT2D eigenvalue weighted by Gasteiger charge is -2.05. The first-order chi connectivity index (χ1) is 7.22. The number of carbonyl (C=O) groups is 1. The minimum Gasteiger partial charge on any atom is -0.477 e. The van der Waals surface area contributed by atoms with E-state index in [1.807, 2.05) is 11.4 Å². The number of pyridine rings is 1. The minimum atomic E-state index is -1.01. The lowest BCUT2D eigenvalue weighted by molar-refractivity contribution is 0.0692. The normalized spacial score (nSPS) is 10.5. The summed E-state index contributed by atoms with van der Waals surface area (Å²) in [5, 5.41) is 10.8. The second kappa shape index (κ2) is 3.86. The smallest absolute Gasteiger partial charge is 0.341 e. The largest absolute Gasteiger partial charge is 0.477 e. The second-order valence-electron chi connectivity index (χ2n) is 2.88. The number of rotatable bonds is 3. The van der Waals surface area contributed by atoms with Crippen LogP contribution in [0.3, 0.4) is 0 Å². The summed E-state index contributed by atoms with van der Waals surface area (Å²) >= 11 is 1.46. The Labute approximate surface area is 90.1 Å². The summed E-state index contributed by atoms with van der Waals surface area (Å²) in [6.07, 6.45) is 0. The highest BCUT2D eigenvalue weighted by Crippen LogP contribution is 2.26. The standard InChI is InChI=1S/C10H9NO3S/c1-2-14-9-6(10(12)13)5-8-7(11-9)3-4-15-8/h3-5H,2H2,1H3,(H,12,13). The zero-order valence-electron chi connectivity index (χ0n) is 8.06. The molecule has 0 aliphatic heterocycles. The molecule has 2 rings (SSSR count). The van der Waals surface area contributed by atoms with Gasteiger partial charge in [0.25, 0.3) is 0 Å². The molecule has 1 N–H and O–H groups in total. The van der Waals surface area contributed by atoms with Gasteiger partial charge in [0.2, 0.25) is 5.88 Å². The van der Waals surface area contributed by atoms with Crippen LogP contribution in [0.15, 0.2) is 17.5 Å². The van der Waals surface area contributed by atoms with Gasteiger partial charge in [-0.25, -0.2) is 9.78 Å². The van der Waals surface area contributed by atoms with Gasteiger partial charge in [0.1, 0.15) is 5.56 Å². The zero-order chi connectivity index (χ0) is 10.8. The van der Waals surface area contributed by atoms with E-state index < -0.39 is 5.97 Å². The Kier molecular flexibility index (Phi) is 2.55. The molecule has 2 aromatic heterocycles. The predicted octanol–water partition coefficient (Wildman–Crippen LogP) is 2.39. The summed E-state index contributed by atoms with van der Waals surface area (Å²) in [6, 6.07) is 3.44. The van der Waals surface area contributed by atoms with E-state index in [1.165, 1.54) is 11.3 Å². The van der Waals surface area contributed by atoms with Crippen LogP contribution in [0.4, 0.5) is 0 Å². The van der Waals surface area contributed by atoms with Gasteiger partial charge < -0.3 is 9.84 Å². The first-order valence-electron chi connectivity index (χ1n) is 4.46. The number of fused-ring (bicyclic) bond motifs is 1. The highest BCUT2D eigenvalue weighted by atomic mass is 32.1. The number of ether oxygens (including phenoxy) is 1. The van der Waals surface area contributed by atoms with Gasteiger partial charge in [-0.3, -0.25) is 0 Å². The van der Waals surface area contributed by atoms with Crippen LogP contribution in [0.25, 0.3) is 10.2 Å². The molecule has 0 bridgehead atoms. The van der Waals surface area contributed by atoms with E-state index in [4.69, 9.17) is 9.84 Å². The van der Waals surface area contributed by atoms with Gasteiger partial charge in [-0.2, -0.15) is 0 Å². The first-order valence-corrected chi connectivity index (χ1v) is 5.34. The molecule has 0 unspecified atom stereocenters. The quantitative estimate of drug-likeness (QED) is 0.867. The maximum atomic E-state index is 10.9. The van der Waals surface area contributed by atoms with Crippen molar-refractivity contribution in [2.45, 2.75) is 6.92 Å². The number of aromatic nitrogens is 1. The Balaban J connectivity index is 2.62. The maximum absolute atomic E-state index is 10.9. The van der Waals surface area contributed by atoms with Crippen LogP contribution in [0.2, 0.25) is 0 Å². The lowest BCUT2D eigenvalue weighted by atomic mass is 10.2. The van der Waals surface area contributed by atoms with Gasteiger partial charge in [0, 0.05) is 0 Å². The molecule has 0 atom stereocenters. The highest BCUT2D eigenvalue weighted by Gasteiger charge is 2.14. The SMILES string of the molecule is CCOc1nc2ccsc2cc1C(=O)O. The fraction of sp³-hybridized carbons (Fsp3) is 0.200. The fourth-order valence-electron chi connectivity index (χ4n) is 1.28. The van der Waals surface area contributed by atoms with Crippen molar-refractivity contribution < 1.29 is 14.6 Å². The molecule has 0 aliphatic carbocycles. The molecule has 0 aromatic carbocycles. The van der Waals surface area contributed by atoms with Crippen molar-refractivity contribution >= 4 is 27.5 Å². The Hall–Kier alpha value is -1.62. The number of aromatic carboxylic acids is 1. The Morgan fingerprint density at radius 2 is 2.47 bits per heavy atom. The maximum Gasteiger partial charge on any atom is 0.341 e. The summed E-state index contributed by atoms with van der Waals surface area (Å²) in [7, 11) is 0. The fourth-order valence-corrected chi connectivity index (χ4v) is 2.04. The van der Waals surface area contributed by atoms with E-state index in [-0.39, 0.29) is 11.4 Å². The molecule has 15 heavy (non-hydrogen) atoms. The number of nitrogens with zero attached hydrogens (tertiary/aromatic N) is 1. The molecule has 0 fully saturated rings. The van der Waals surface area contributed by atoms with Crippen molar-refractivity contribution in [1.82, 2.24) is 4.98 Å². The Morgan fingerprint density at radius 1 is 1.67 bits per heavy atom. The second-order valence-corrected chi connectivity index (χ2v) is 3.83. The van der Waals surface area contributed by atoms with Crippen molar-refractivity contribution in [2.75, 3.05) is 6.61 Å². The van der Waals surface area contributed by atoms with Gasteiger partial charge in [-0.1, -0.05) is 0 Å².